The van der Waals surface area contributed by atoms with Gasteiger partial charge in [-0.2, -0.15) is 0 Å². The van der Waals surface area contributed by atoms with Crippen molar-refractivity contribution < 1.29 is 4.79 Å². The summed E-state index contributed by atoms with van der Waals surface area (Å²) < 4.78 is 0. The zero-order valence-electron chi connectivity index (χ0n) is 12.9. The minimum Gasteiger partial charge on any atom is -0.370 e. The average Bonchev–Trinajstić information content (AvgIpc) is 2.38. The minimum atomic E-state index is 0. The fourth-order valence-electron chi connectivity index (χ4n) is 2.03. The Morgan fingerprint density at radius 2 is 2.00 bits per heavy atom. The molecule has 1 fully saturated rings. The van der Waals surface area contributed by atoms with Crippen LogP contribution in [-0.2, 0) is 4.79 Å². The molecule has 0 aromatic rings. The Balaban J connectivity index is 0.00000361. The van der Waals surface area contributed by atoms with Crippen LogP contribution in [0.4, 0.5) is 0 Å². The van der Waals surface area contributed by atoms with Crippen molar-refractivity contribution in [2.45, 2.75) is 40.0 Å². The number of halogens is 1. The van der Waals surface area contributed by atoms with Crippen LogP contribution in [-0.4, -0.2) is 42.9 Å². The van der Waals surface area contributed by atoms with Crippen molar-refractivity contribution >= 4 is 35.8 Å². The Bertz CT molecular complexity index is 312. The second-order valence-electron chi connectivity index (χ2n) is 5.71. The molecule has 0 unspecified atom stereocenters. The highest BCUT2D eigenvalue weighted by molar-refractivity contribution is 14.0. The van der Waals surface area contributed by atoms with E-state index in [-0.39, 0.29) is 35.8 Å². The number of carbonyl (C=O) groups excluding carboxylic acids is 1. The summed E-state index contributed by atoms with van der Waals surface area (Å²) in [6, 6.07) is 0. The second-order valence-corrected chi connectivity index (χ2v) is 5.71. The number of likely N-dealkylation sites (tertiary alicyclic amines) is 1. The van der Waals surface area contributed by atoms with Gasteiger partial charge in [-0.25, -0.2) is 0 Å². The summed E-state index contributed by atoms with van der Waals surface area (Å²) in [5.41, 5.74) is 5.97. The van der Waals surface area contributed by atoms with Crippen LogP contribution >= 0.6 is 24.0 Å². The van der Waals surface area contributed by atoms with Gasteiger partial charge in [0, 0.05) is 32.1 Å². The van der Waals surface area contributed by atoms with Crippen LogP contribution in [0.2, 0.25) is 0 Å². The fraction of sp³-hybridized carbons (Fsp3) is 0.857. The molecule has 0 saturated carbocycles. The van der Waals surface area contributed by atoms with E-state index in [0.717, 1.165) is 25.4 Å². The van der Waals surface area contributed by atoms with E-state index < -0.39 is 0 Å². The SMILES string of the molecule is CC1CCN(C(N)=NCCCNC(=O)C(C)C)CC1.I. The third-order valence-electron chi connectivity index (χ3n) is 3.54. The van der Waals surface area contributed by atoms with Gasteiger partial charge in [-0.05, 0) is 25.2 Å². The van der Waals surface area contributed by atoms with E-state index in [1.807, 2.05) is 13.8 Å². The number of amides is 1. The summed E-state index contributed by atoms with van der Waals surface area (Å²) >= 11 is 0. The number of aliphatic imine (C=N–C) groups is 1. The molecule has 118 valence electrons. The molecule has 3 N–H and O–H groups in total. The summed E-state index contributed by atoms with van der Waals surface area (Å²) in [4.78, 5) is 17.9. The highest BCUT2D eigenvalue weighted by Crippen LogP contribution is 2.15. The molecule has 6 heteroatoms. The Kier molecular flexibility index (Phi) is 9.96. The maximum absolute atomic E-state index is 11.3. The number of piperidine rings is 1. The molecule has 20 heavy (non-hydrogen) atoms. The van der Waals surface area contributed by atoms with E-state index in [0.29, 0.717) is 19.0 Å². The number of hydrogen-bond donors (Lipinski definition) is 2. The molecule has 1 aliphatic rings. The first-order valence-corrected chi connectivity index (χ1v) is 7.33. The third-order valence-corrected chi connectivity index (χ3v) is 3.54. The van der Waals surface area contributed by atoms with Crippen molar-refractivity contribution in [1.29, 1.82) is 0 Å². The highest BCUT2D eigenvalue weighted by atomic mass is 127. The summed E-state index contributed by atoms with van der Waals surface area (Å²) in [6.45, 7) is 9.44. The van der Waals surface area contributed by atoms with Crippen molar-refractivity contribution in [1.82, 2.24) is 10.2 Å². The molecule has 1 heterocycles. The normalized spacial score (nSPS) is 17.0. The Morgan fingerprint density at radius 1 is 1.40 bits per heavy atom. The lowest BCUT2D eigenvalue weighted by Gasteiger charge is -2.31. The van der Waals surface area contributed by atoms with Crippen LogP contribution < -0.4 is 11.1 Å². The van der Waals surface area contributed by atoms with E-state index >= 15 is 0 Å². The number of rotatable bonds is 5. The first-order valence-electron chi connectivity index (χ1n) is 7.33. The van der Waals surface area contributed by atoms with Gasteiger partial charge < -0.3 is 16.0 Å². The van der Waals surface area contributed by atoms with Crippen LogP contribution in [0, 0.1) is 11.8 Å². The summed E-state index contributed by atoms with van der Waals surface area (Å²) in [5, 5.41) is 2.88. The van der Waals surface area contributed by atoms with Crippen molar-refractivity contribution in [3.63, 3.8) is 0 Å². The predicted octanol–water partition coefficient (Wildman–Crippen LogP) is 1.81. The van der Waals surface area contributed by atoms with Gasteiger partial charge in [-0.3, -0.25) is 9.79 Å². The molecule has 0 aromatic carbocycles. The van der Waals surface area contributed by atoms with Gasteiger partial charge in [0.1, 0.15) is 0 Å². The number of hydrogen-bond acceptors (Lipinski definition) is 2. The number of carbonyl (C=O) groups is 1. The van der Waals surface area contributed by atoms with Gasteiger partial charge >= 0.3 is 0 Å². The van der Waals surface area contributed by atoms with Crippen molar-refractivity contribution in [2.24, 2.45) is 22.6 Å². The molecule has 0 spiro atoms. The quantitative estimate of drug-likeness (QED) is 0.322. The smallest absolute Gasteiger partial charge is 0.222 e. The van der Waals surface area contributed by atoms with Crippen molar-refractivity contribution in [3.05, 3.63) is 0 Å². The molecule has 5 nitrogen and oxygen atoms in total. The van der Waals surface area contributed by atoms with Crippen molar-refractivity contribution in [2.75, 3.05) is 26.2 Å². The van der Waals surface area contributed by atoms with Crippen LogP contribution in [0.25, 0.3) is 0 Å². The van der Waals surface area contributed by atoms with Crippen LogP contribution in [0.3, 0.4) is 0 Å². The maximum atomic E-state index is 11.3. The largest absolute Gasteiger partial charge is 0.370 e. The van der Waals surface area contributed by atoms with Gasteiger partial charge in [0.25, 0.3) is 0 Å². The number of nitrogens with one attached hydrogen (secondary N) is 1. The maximum Gasteiger partial charge on any atom is 0.222 e. The molecule has 1 aliphatic heterocycles. The standard InChI is InChI=1S/C14H28N4O.HI/c1-11(2)13(19)16-7-4-8-17-14(15)18-9-5-12(3)6-10-18;/h11-12H,4-10H2,1-3H3,(H2,15,17)(H,16,19);1H. The molecule has 0 aliphatic carbocycles. The third kappa shape index (κ3) is 7.31. The zero-order valence-corrected chi connectivity index (χ0v) is 15.2. The summed E-state index contributed by atoms with van der Waals surface area (Å²) in [6.07, 6.45) is 3.23. The minimum absolute atomic E-state index is 0. The van der Waals surface area contributed by atoms with Crippen LogP contribution in [0.5, 0.6) is 0 Å². The lowest BCUT2D eigenvalue weighted by Crippen LogP contribution is -2.42. The molecule has 1 saturated heterocycles. The molecule has 0 bridgehead atoms. The molecular weight excluding hydrogens is 367 g/mol. The van der Waals surface area contributed by atoms with Gasteiger partial charge in [0.2, 0.25) is 5.91 Å². The lowest BCUT2D eigenvalue weighted by atomic mass is 10.00. The molecule has 1 amide bonds. The first-order chi connectivity index (χ1) is 9.00. The van der Waals surface area contributed by atoms with E-state index in [2.05, 4.69) is 22.1 Å². The van der Waals surface area contributed by atoms with Gasteiger partial charge in [-0.15, -0.1) is 24.0 Å². The number of guanidine groups is 1. The Labute approximate surface area is 139 Å². The highest BCUT2D eigenvalue weighted by Gasteiger charge is 2.16. The van der Waals surface area contributed by atoms with Crippen LogP contribution in [0.1, 0.15) is 40.0 Å². The van der Waals surface area contributed by atoms with E-state index in [9.17, 15) is 4.79 Å². The Morgan fingerprint density at radius 3 is 2.55 bits per heavy atom. The van der Waals surface area contributed by atoms with Crippen molar-refractivity contribution in [3.8, 4) is 0 Å². The predicted molar refractivity (Wildman–Crippen MR) is 94.3 cm³/mol. The topological polar surface area (TPSA) is 70.7 Å². The van der Waals surface area contributed by atoms with E-state index in [1.165, 1.54) is 12.8 Å². The van der Waals surface area contributed by atoms with E-state index in [1.54, 1.807) is 0 Å². The van der Waals surface area contributed by atoms with Gasteiger partial charge in [0.15, 0.2) is 5.96 Å². The number of nitrogens with zero attached hydrogens (tertiary/aromatic N) is 2. The lowest BCUT2D eigenvalue weighted by molar-refractivity contribution is -0.123. The Hall–Kier alpha value is -0.530. The number of nitrogens with two attached hydrogens (primary N) is 1. The molecule has 0 aromatic heterocycles. The average molecular weight is 396 g/mol. The summed E-state index contributed by atoms with van der Waals surface area (Å²) in [7, 11) is 0. The zero-order chi connectivity index (χ0) is 14.3. The van der Waals surface area contributed by atoms with Gasteiger partial charge in [0.05, 0.1) is 0 Å². The second kappa shape index (κ2) is 10.2. The fourth-order valence-corrected chi connectivity index (χ4v) is 2.03. The molecule has 0 radical (unpaired) electrons. The molecule has 0 atom stereocenters. The first kappa shape index (κ1) is 19.5. The summed E-state index contributed by atoms with van der Waals surface area (Å²) in [5.74, 6) is 1.60. The van der Waals surface area contributed by atoms with Crippen LogP contribution in [0.15, 0.2) is 4.99 Å². The van der Waals surface area contributed by atoms with Gasteiger partial charge in [-0.1, -0.05) is 20.8 Å². The monoisotopic (exact) mass is 396 g/mol. The van der Waals surface area contributed by atoms with E-state index in [4.69, 9.17) is 5.73 Å². The molecular formula is C14H29IN4O. The molecule has 1 rings (SSSR count).